The van der Waals surface area contributed by atoms with E-state index in [0.717, 1.165) is 0 Å². The van der Waals surface area contributed by atoms with Crippen molar-refractivity contribution in [2.45, 2.75) is 76.5 Å². The average molecular weight is 505 g/mol. The van der Waals surface area contributed by atoms with Crippen molar-refractivity contribution in [2.75, 3.05) is 18.6 Å². The van der Waals surface area contributed by atoms with Crippen molar-refractivity contribution in [3.63, 3.8) is 0 Å². The SMILES string of the molecule is CCC(C)C(NC(=O)C(CCCCN)NC(=O)C(N)CC(N)=O)C(=O)NC(CCSC)C(=O)O. The van der Waals surface area contributed by atoms with Gasteiger partial charge in [-0.25, -0.2) is 4.79 Å². The Kier molecular flexibility index (Phi) is 15.9. The summed E-state index contributed by atoms with van der Waals surface area (Å²) in [5, 5.41) is 17.1. The zero-order chi connectivity index (χ0) is 26.3. The molecule has 0 saturated carbocycles. The zero-order valence-corrected chi connectivity index (χ0v) is 21.0. The van der Waals surface area contributed by atoms with Crippen molar-refractivity contribution < 1.29 is 29.1 Å². The number of amides is 4. The number of nitrogens with two attached hydrogens (primary N) is 3. The fourth-order valence-corrected chi connectivity index (χ4v) is 3.53. The predicted molar refractivity (Wildman–Crippen MR) is 131 cm³/mol. The molecule has 0 aromatic carbocycles. The molecule has 0 fully saturated rings. The van der Waals surface area contributed by atoms with Crippen LogP contribution in [0, 0.1) is 5.92 Å². The van der Waals surface area contributed by atoms with E-state index in [1.807, 2.05) is 13.2 Å². The number of carboxylic acid groups (broad SMARTS) is 1. The highest BCUT2D eigenvalue weighted by molar-refractivity contribution is 7.98. The lowest BCUT2D eigenvalue weighted by molar-refractivity contribution is -0.142. The molecule has 13 heteroatoms. The van der Waals surface area contributed by atoms with Crippen LogP contribution >= 0.6 is 11.8 Å². The van der Waals surface area contributed by atoms with Crippen molar-refractivity contribution >= 4 is 41.4 Å². The van der Waals surface area contributed by atoms with E-state index >= 15 is 0 Å². The molecule has 0 bridgehead atoms. The summed E-state index contributed by atoms with van der Waals surface area (Å²) in [6.07, 6.45) is 3.59. The highest BCUT2D eigenvalue weighted by Gasteiger charge is 2.32. The molecule has 4 amide bonds. The van der Waals surface area contributed by atoms with Gasteiger partial charge in [0.15, 0.2) is 0 Å². The van der Waals surface area contributed by atoms with Gasteiger partial charge in [-0.1, -0.05) is 20.3 Å². The molecule has 0 aliphatic heterocycles. The van der Waals surface area contributed by atoms with Crippen LogP contribution in [-0.4, -0.2) is 77.4 Å². The minimum atomic E-state index is -1.22. The van der Waals surface area contributed by atoms with Crippen LogP contribution in [0.25, 0.3) is 0 Å². The fourth-order valence-electron chi connectivity index (χ4n) is 3.06. The number of hydrogen-bond donors (Lipinski definition) is 7. The minimum Gasteiger partial charge on any atom is -0.480 e. The standard InChI is InChI=1S/C21H40N6O6S/c1-4-12(2)17(20(31)26-15(21(32)33)8-10-34-3)27-19(30)14(7-5-6-9-22)25-18(29)13(23)11-16(24)28/h12-15,17H,4-11,22-23H2,1-3H3,(H2,24,28)(H,25,29)(H,26,31)(H,27,30)(H,32,33). The van der Waals surface area contributed by atoms with Gasteiger partial charge in [0.25, 0.3) is 0 Å². The van der Waals surface area contributed by atoms with Crippen LogP contribution in [0.5, 0.6) is 0 Å². The molecular formula is C21H40N6O6S. The van der Waals surface area contributed by atoms with Crippen molar-refractivity contribution in [1.82, 2.24) is 16.0 Å². The lowest BCUT2D eigenvalue weighted by Crippen LogP contribution is -2.58. The lowest BCUT2D eigenvalue weighted by Gasteiger charge is -2.28. The van der Waals surface area contributed by atoms with Crippen LogP contribution in [0.2, 0.25) is 0 Å². The fraction of sp³-hybridized carbons (Fsp3) is 0.762. The Morgan fingerprint density at radius 3 is 2.06 bits per heavy atom. The predicted octanol–water partition coefficient (Wildman–Crippen LogP) is -1.34. The van der Waals surface area contributed by atoms with Gasteiger partial charge in [0.2, 0.25) is 23.6 Å². The average Bonchev–Trinajstić information content (AvgIpc) is 2.77. The van der Waals surface area contributed by atoms with E-state index in [9.17, 15) is 29.1 Å². The molecule has 34 heavy (non-hydrogen) atoms. The Bertz CT molecular complexity index is 695. The summed E-state index contributed by atoms with van der Waals surface area (Å²) in [5.74, 6) is -3.64. The number of primary amides is 1. The number of aliphatic carboxylic acids is 1. The summed E-state index contributed by atoms with van der Waals surface area (Å²) in [6.45, 7) is 3.99. The molecule has 196 valence electrons. The number of nitrogens with one attached hydrogen (secondary N) is 3. The summed E-state index contributed by atoms with van der Waals surface area (Å²) in [5.41, 5.74) is 16.3. The van der Waals surface area contributed by atoms with Crippen LogP contribution in [0.15, 0.2) is 0 Å². The monoisotopic (exact) mass is 504 g/mol. The number of thioether (sulfide) groups is 1. The molecule has 10 N–H and O–H groups in total. The molecule has 0 aromatic rings. The Morgan fingerprint density at radius 2 is 1.56 bits per heavy atom. The van der Waals surface area contributed by atoms with Crippen LogP contribution < -0.4 is 33.2 Å². The molecular weight excluding hydrogens is 464 g/mol. The smallest absolute Gasteiger partial charge is 0.326 e. The first-order valence-electron chi connectivity index (χ1n) is 11.3. The van der Waals surface area contributed by atoms with Gasteiger partial charge in [-0.05, 0) is 50.2 Å². The highest BCUT2D eigenvalue weighted by Crippen LogP contribution is 2.11. The van der Waals surface area contributed by atoms with E-state index in [0.29, 0.717) is 31.6 Å². The summed E-state index contributed by atoms with van der Waals surface area (Å²) in [7, 11) is 0. The van der Waals surface area contributed by atoms with Crippen molar-refractivity contribution in [3.8, 4) is 0 Å². The van der Waals surface area contributed by atoms with Gasteiger partial charge < -0.3 is 38.3 Å². The summed E-state index contributed by atoms with van der Waals surface area (Å²) in [4.78, 5) is 60.9. The van der Waals surface area contributed by atoms with Crippen LogP contribution in [0.4, 0.5) is 0 Å². The summed E-state index contributed by atoms with van der Waals surface area (Å²) < 4.78 is 0. The molecule has 0 heterocycles. The summed E-state index contributed by atoms with van der Waals surface area (Å²) in [6, 6.07) is -4.34. The van der Waals surface area contributed by atoms with Gasteiger partial charge in [-0.2, -0.15) is 11.8 Å². The molecule has 12 nitrogen and oxygen atoms in total. The van der Waals surface area contributed by atoms with Gasteiger partial charge in [0, 0.05) is 0 Å². The number of unbranched alkanes of at least 4 members (excludes halogenated alkanes) is 1. The van der Waals surface area contributed by atoms with Gasteiger partial charge in [0.1, 0.15) is 18.1 Å². The Hall–Kier alpha value is -2.38. The van der Waals surface area contributed by atoms with E-state index in [1.54, 1.807) is 6.92 Å². The molecule has 5 unspecified atom stereocenters. The molecule has 0 radical (unpaired) electrons. The third kappa shape index (κ3) is 12.2. The van der Waals surface area contributed by atoms with E-state index < -0.39 is 53.8 Å². The van der Waals surface area contributed by atoms with Gasteiger partial charge in [0.05, 0.1) is 12.5 Å². The Labute approximate surface area is 204 Å². The maximum absolute atomic E-state index is 13.1. The molecule has 5 atom stereocenters. The van der Waals surface area contributed by atoms with E-state index in [4.69, 9.17) is 17.2 Å². The molecule has 0 aliphatic carbocycles. The normalized spacial score (nSPS) is 15.3. The first-order valence-corrected chi connectivity index (χ1v) is 12.7. The number of carbonyl (C=O) groups is 5. The van der Waals surface area contributed by atoms with E-state index in [2.05, 4.69) is 16.0 Å². The van der Waals surface area contributed by atoms with Crippen LogP contribution in [-0.2, 0) is 24.0 Å². The van der Waals surface area contributed by atoms with Gasteiger partial charge in [-0.15, -0.1) is 0 Å². The second-order valence-electron chi connectivity index (χ2n) is 8.18. The second-order valence-corrected chi connectivity index (χ2v) is 9.16. The highest BCUT2D eigenvalue weighted by atomic mass is 32.2. The number of carbonyl (C=O) groups excluding carboxylic acids is 4. The van der Waals surface area contributed by atoms with Gasteiger partial charge >= 0.3 is 5.97 Å². The Morgan fingerprint density at radius 1 is 0.941 bits per heavy atom. The lowest BCUT2D eigenvalue weighted by atomic mass is 9.97. The number of hydrogen-bond acceptors (Lipinski definition) is 8. The van der Waals surface area contributed by atoms with Crippen molar-refractivity contribution in [2.24, 2.45) is 23.1 Å². The summed E-state index contributed by atoms with van der Waals surface area (Å²) >= 11 is 1.46. The van der Waals surface area contributed by atoms with Crippen molar-refractivity contribution in [1.29, 1.82) is 0 Å². The van der Waals surface area contributed by atoms with Crippen LogP contribution in [0.3, 0.4) is 0 Å². The van der Waals surface area contributed by atoms with E-state index in [1.165, 1.54) is 11.8 Å². The molecule has 0 aliphatic rings. The molecule has 0 aromatic heterocycles. The molecule has 0 spiro atoms. The van der Waals surface area contributed by atoms with Gasteiger partial charge in [-0.3, -0.25) is 19.2 Å². The van der Waals surface area contributed by atoms with Crippen molar-refractivity contribution in [3.05, 3.63) is 0 Å². The topological polar surface area (TPSA) is 220 Å². The first-order chi connectivity index (χ1) is 16.0. The first kappa shape index (κ1) is 31.6. The molecule has 0 saturated heterocycles. The maximum atomic E-state index is 13.1. The third-order valence-corrected chi connectivity index (χ3v) is 6.00. The largest absolute Gasteiger partial charge is 0.480 e. The number of rotatable bonds is 18. The quantitative estimate of drug-likeness (QED) is 0.110. The van der Waals surface area contributed by atoms with Crippen LogP contribution in [0.1, 0.15) is 52.4 Å². The zero-order valence-electron chi connectivity index (χ0n) is 20.2. The maximum Gasteiger partial charge on any atom is 0.326 e. The second kappa shape index (κ2) is 17.1. The minimum absolute atomic E-state index is 0.235. The third-order valence-electron chi connectivity index (χ3n) is 5.36. The van der Waals surface area contributed by atoms with E-state index in [-0.39, 0.29) is 25.2 Å². The Balaban J connectivity index is 5.53. The number of carboxylic acids is 1. The molecule has 0 rings (SSSR count).